The van der Waals surface area contributed by atoms with Crippen molar-refractivity contribution in [2.24, 2.45) is 5.11 Å². The normalized spacial score (nSPS) is 8.07. The smallest absolute Gasteiger partial charge is 0.190 e. The molecule has 0 aliphatic heterocycles. The van der Waals surface area contributed by atoms with Gasteiger partial charge in [-0.1, -0.05) is 5.11 Å². The van der Waals surface area contributed by atoms with Gasteiger partial charge in [-0.2, -0.15) is 10.5 Å². The number of hydrogen-bond acceptors (Lipinski definition) is 4. The molecule has 0 saturated heterocycles. The van der Waals surface area contributed by atoms with Gasteiger partial charge in [-0.15, -0.1) is 0 Å². The zero-order chi connectivity index (χ0) is 11.4. The predicted molar refractivity (Wildman–Crippen MR) is 51.3 cm³/mol. The molecule has 0 aromatic carbocycles. The van der Waals surface area contributed by atoms with Gasteiger partial charge in [0.05, 0.1) is 34.2 Å². The van der Waals surface area contributed by atoms with Gasteiger partial charge >= 0.3 is 0 Å². The molecule has 0 fully saturated rings. The highest BCUT2D eigenvalue weighted by Gasteiger charge is 2.03. The second kappa shape index (κ2) is 9.14. The molecule has 0 unspecified atom stereocenters. The summed E-state index contributed by atoms with van der Waals surface area (Å²) in [6, 6.07) is 0. The summed E-state index contributed by atoms with van der Waals surface area (Å²) in [6.07, 6.45) is 2.81. The third-order valence-electron chi connectivity index (χ3n) is 1.05. The second-order valence-electron chi connectivity index (χ2n) is 3.32. The van der Waals surface area contributed by atoms with Gasteiger partial charge in [-0.05, 0) is 5.53 Å². The van der Waals surface area contributed by atoms with E-state index in [9.17, 15) is 0 Å². The van der Waals surface area contributed by atoms with Crippen LogP contribution in [0.3, 0.4) is 0 Å². The maximum Gasteiger partial charge on any atom is 0.190 e. The molecule has 0 aromatic rings. The molecule has 0 rings (SSSR count). The highest BCUT2D eigenvalue weighted by atomic mass is 15.3. The molecule has 0 aliphatic carbocycles. The SMILES string of the molecule is C[N+](C)(C)CCN=[N+]=[N-].N#CNC#N. The van der Waals surface area contributed by atoms with E-state index < -0.39 is 0 Å². The molecule has 14 heavy (non-hydrogen) atoms. The van der Waals surface area contributed by atoms with Crippen LogP contribution in [0.15, 0.2) is 5.11 Å². The molecule has 0 aromatic heterocycles. The quantitative estimate of drug-likeness (QED) is 0.178. The maximum absolute atomic E-state index is 7.91. The summed E-state index contributed by atoms with van der Waals surface area (Å²) in [7, 11) is 6.19. The van der Waals surface area contributed by atoms with Crippen LogP contribution in [0.1, 0.15) is 0 Å². The second-order valence-corrected chi connectivity index (χ2v) is 3.32. The lowest BCUT2D eigenvalue weighted by Crippen LogP contribution is -2.36. The van der Waals surface area contributed by atoms with Crippen LogP contribution in [0.5, 0.6) is 0 Å². The lowest BCUT2D eigenvalue weighted by Gasteiger charge is -2.22. The molecule has 0 heterocycles. The highest BCUT2D eigenvalue weighted by molar-refractivity contribution is 4.77. The first-order chi connectivity index (χ1) is 6.47. The van der Waals surface area contributed by atoms with E-state index in [2.05, 4.69) is 31.2 Å². The van der Waals surface area contributed by atoms with Crippen molar-refractivity contribution in [2.75, 3.05) is 34.2 Å². The van der Waals surface area contributed by atoms with E-state index in [1.165, 1.54) is 12.4 Å². The Morgan fingerprint density at radius 2 is 1.86 bits per heavy atom. The summed E-state index contributed by atoms with van der Waals surface area (Å²) < 4.78 is 0.846. The van der Waals surface area contributed by atoms with E-state index in [0.29, 0.717) is 6.54 Å². The van der Waals surface area contributed by atoms with Crippen LogP contribution < -0.4 is 5.32 Å². The Labute approximate surface area is 83.4 Å². The third kappa shape index (κ3) is 22.5. The highest BCUT2D eigenvalue weighted by Crippen LogP contribution is 1.88. The number of nitrogens with one attached hydrogen (secondary N) is 1. The van der Waals surface area contributed by atoms with Crippen LogP contribution in [-0.2, 0) is 0 Å². The van der Waals surface area contributed by atoms with Crippen molar-refractivity contribution in [1.29, 1.82) is 10.5 Å². The van der Waals surface area contributed by atoms with E-state index >= 15 is 0 Å². The van der Waals surface area contributed by atoms with Crippen molar-refractivity contribution in [2.45, 2.75) is 0 Å². The van der Waals surface area contributed by atoms with Crippen LogP contribution in [0.4, 0.5) is 0 Å². The first-order valence-corrected chi connectivity index (χ1v) is 3.82. The molecule has 0 atom stereocenters. The standard InChI is InChI=1S/C5H13N4.C2HN3/c1-9(2,3)5-4-7-8-6;3-1-5-2-4/h4-5H2,1-3H3;5H/q+1;. The van der Waals surface area contributed by atoms with Crippen molar-refractivity contribution in [1.82, 2.24) is 5.32 Å². The molecular formula is C7H14N7+. The van der Waals surface area contributed by atoms with Gasteiger partial charge in [0.1, 0.15) is 0 Å². The lowest BCUT2D eigenvalue weighted by molar-refractivity contribution is -0.868. The van der Waals surface area contributed by atoms with Crippen LogP contribution >= 0.6 is 0 Å². The predicted octanol–water partition coefficient (Wildman–Crippen LogP) is 0.541. The van der Waals surface area contributed by atoms with Gasteiger partial charge in [-0.25, -0.2) is 5.32 Å². The van der Waals surface area contributed by atoms with Gasteiger partial charge in [0, 0.05) is 4.91 Å². The van der Waals surface area contributed by atoms with Gasteiger partial charge < -0.3 is 4.48 Å². The molecule has 0 bridgehead atoms. The van der Waals surface area contributed by atoms with Gasteiger partial charge in [0.25, 0.3) is 0 Å². The Kier molecular flexibility index (Phi) is 9.51. The molecule has 0 saturated carbocycles. The Morgan fingerprint density at radius 1 is 1.36 bits per heavy atom. The largest absolute Gasteiger partial charge is 0.331 e. The number of hydrogen-bond donors (Lipinski definition) is 1. The number of nitrogens with zero attached hydrogens (tertiary/aromatic N) is 6. The molecule has 1 N–H and O–H groups in total. The number of nitriles is 2. The van der Waals surface area contributed by atoms with Crippen molar-refractivity contribution in [3.63, 3.8) is 0 Å². The topological polar surface area (TPSA) is 108 Å². The Hall–Kier alpha value is -1.95. The molecular weight excluding hydrogens is 182 g/mol. The minimum absolute atomic E-state index is 0.583. The minimum atomic E-state index is 0.583. The average Bonchev–Trinajstić information content (AvgIpc) is 2.05. The molecule has 7 heteroatoms. The lowest BCUT2D eigenvalue weighted by atomic mass is 10.5. The van der Waals surface area contributed by atoms with Crippen molar-refractivity contribution >= 4 is 0 Å². The summed E-state index contributed by atoms with van der Waals surface area (Å²) in [5, 5.41) is 20.1. The van der Waals surface area contributed by atoms with E-state index in [-0.39, 0.29) is 0 Å². The van der Waals surface area contributed by atoms with E-state index in [1.807, 2.05) is 0 Å². The molecule has 0 aliphatic rings. The fourth-order valence-electron chi connectivity index (χ4n) is 0.414. The van der Waals surface area contributed by atoms with Gasteiger partial charge in [0.15, 0.2) is 12.4 Å². The zero-order valence-electron chi connectivity index (χ0n) is 8.60. The first kappa shape index (κ1) is 14.6. The average molecular weight is 196 g/mol. The summed E-state index contributed by atoms with van der Waals surface area (Å²) >= 11 is 0. The Morgan fingerprint density at radius 3 is 2.07 bits per heavy atom. The van der Waals surface area contributed by atoms with Gasteiger partial charge in [-0.3, -0.25) is 0 Å². The van der Waals surface area contributed by atoms with E-state index in [1.54, 1.807) is 5.32 Å². The van der Waals surface area contributed by atoms with E-state index in [4.69, 9.17) is 16.1 Å². The molecule has 0 radical (unpaired) electrons. The van der Waals surface area contributed by atoms with E-state index in [0.717, 1.165) is 11.0 Å². The fraction of sp³-hybridized carbons (Fsp3) is 0.714. The van der Waals surface area contributed by atoms with Crippen molar-refractivity contribution < 1.29 is 4.48 Å². The fourth-order valence-corrected chi connectivity index (χ4v) is 0.414. The third-order valence-corrected chi connectivity index (χ3v) is 1.05. The number of rotatable bonds is 3. The van der Waals surface area contributed by atoms with Crippen molar-refractivity contribution in [3.8, 4) is 12.4 Å². The van der Waals surface area contributed by atoms with Gasteiger partial charge in [0.2, 0.25) is 0 Å². The minimum Gasteiger partial charge on any atom is -0.331 e. The number of likely N-dealkylation sites (N-methyl/N-ethyl adjacent to an activating group) is 1. The Balaban J connectivity index is 0. The summed E-state index contributed by atoms with van der Waals surface area (Å²) in [5.74, 6) is 0. The van der Waals surface area contributed by atoms with Crippen LogP contribution in [0, 0.1) is 22.9 Å². The molecule has 0 spiro atoms. The number of quaternary nitrogens is 1. The van der Waals surface area contributed by atoms with Crippen LogP contribution in [-0.4, -0.2) is 38.7 Å². The van der Waals surface area contributed by atoms with Crippen molar-refractivity contribution in [3.05, 3.63) is 10.4 Å². The summed E-state index contributed by atoms with van der Waals surface area (Å²) in [6.45, 7) is 1.48. The molecule has 76 valence electrons. The monoisotopic (exact) mass is 196 g/mol. The summed E-state index contributed by atoms with van der Waals surface area (Å²) in [4.78, 5) is 2.65. The van der Waals surface area contributed by atoms with Crippen LogP contribution in [0.25, 0.3) is 10.4 Å². The molecule has 7 nitrogen and oxygen atoms in total. The first-order valence-electron chi connectivity index (χ1n) is 3.82. The van der Waals surface area contributed by atoms with Crippen LogP contribution in [0.2, 0.25) is 0 Å². The summed E-state index contributed by atoms with van der Waals surface area (Å²) in [5.41, 5.74) is 7.91. The zero-order valence-corrected chi connectivity index (χ0v) is 8.60. The maximum atomic E-state index is 7.91. The molecule has 0 amide bonds. The number of azide groups is 1. The Bertz CT molecular complexity index is 245.